The number of nitrogens with zero attached hydrogens (tertiary/aromatic N) is 4. The van der Waals surface area contributed by atoms with Crippen LogP contribution < -0.4 is 4.90 Å². The zero-order valence-electron chi connectivity index (χ0n) is 11.5. The van der Waals surface area contributed by atoms with Crippen LogP contribution >= 0.6 is 15.9 Å². The first-order valence-corrected chi connectivity index (χ1v) is 6.89. The van der Waals surface area contributed by atoms with Gasteiger partial charge in [0.15, 0.2) is 4.67 Å². The maximum atomic E-state index is 11.3. The fourth-order valence-electron chi connectivity index (χ4n) is 2.16. The van der Waals surface area contributed by atoms with Gasteiger partial charge in [0.2, 0.25) is 5.82 Å². The zero-order chi connectivity index (χ0) is 14.9. The Labute approximate surface area is 124 Å². The number of halogens is 1. The molecule has 0 aliphatic carbocycles. The summed E-state index contributed by atoms with van der Waals surface area (Å²) in [6.07, 6.45) is 0.518. The van der Waals surface area contributed by atoms with Crippen LogP contribution in [0.4, 0.5) is 11.5 Å². The van der Waals surface area contributed by atoms with Gasteiger partial charge < -0.3 is 9.32 Å². The van der Waals surface area contributed by atoms with E-state index in [4.69, 9.17) is 4.42 Å². The van der Waals surface area contributed by atoms with E-state index in [-0.39, 0.29) is 10.6 Å². The van der Waals surface area contributed by atoms with Gasteiger partial charge in [0.05, 0.1) is 11.5 Å². The molecule has 20 heavy (non-hydrogen) atoms. The van der Waals surface area contributed by atoms with Crippen LogP contribution in [0.2, 0.25) is 0 Å². The van der Waals surface area contributed by atoms with Crippen molar-refractivity contribution in [2.24, 2.45) is 7.05 Å². The minimum absolute atomic E-state index is 0.0584. The van der Waals surface area contributed by atoms with E-state index in [0.717, 1.165) is 0 Å². The van der Waals surface area contributed by atoms with Crippen molar-refractivity contribution >= 4 is 27.4 Å². The number of hydrogen-bond donors (Lipinski definition) is 0. The van der Waals surface area contributed by atoms with Crippen molar-refractivity contribution in [2.45, 2.75) is 19.9 Å². The molecule has 0 saturated heterocycles. The third-order valence-corrected chi connectivity index (χ3v) is 3.39. The van der Waals surface area contributed by atoms with E-state index in [0.29, 0.717) is 34.9 Å². The number of aromatic nitrogens is 2. The Morgan fingerprint density at radius 1 is 1.55 bits per heavy atom. The van der Waals surface area contributed by atoms with Crippen molar-refractivity contribution in [3.63, 3.8) is 0 Å². The Balaban J connectivity index is 2.36. The lowest BCUT2D eigenvalue weighted by atomic mass is 10.3. The quantitative estimate of drug-likeness (QED) is 0.616. The molecule has 7 nitrogen and oxygen atoms in total. The molecule has 2 aromatic rings. The summed E-state index contributed by atoms with van der Waals surface area (Å²) in [6, 6.07) is 3.61. The summed E-state index contributed by atoms with van der Waals surface area (Å²) in [6.45, 7) is 2.28. The molecule has 0 bridgehead atoms. The first kappa shape index (κ1) is 14.6. The summed E-state index contributed by atoms with van der Waals surface area (Å²) in [5.74, 6) is 1.19. The molecule has 0 aromatic carbocycles. The molecule has 0 saturated carbocycles. The van der Waals surface area contributed by atoms with Crippen LogP contribution in [-0.2, 0) is 20.0 Å². The van der Waals surface area contributed by atoms with E-state index < -0.39 is 0 Å². The van der Waals surface area contributed by atoms with Gasteiger partial charge >= 0.3 is 5.69 Å². The second-order valence-electron chi connectivity index (χ2n) is 4.42. The van der Waals surface area contributed by atoms with Crippen LogP contribution in [0.15, 0.2) is 21.2 Å². The lowest BCUT2D eigenvalue weighted by Gasteiger charge is -2.16. The van der Waals surface area contributed by atoms with Gasteiger partial charge in [-0.05, 0) is 34.5 Å². The smallest absolute Gasteiger partial charge is 0.334 e. The highest BCUT2D eigenvalue weighted by molar-refractivity contribution is 9.10. The summed E-state index contributed by atoms with van der Waals surface area (Å²) in [7, 11) is 3.48. The lowest BCUT2D eigenvalue weighted by Crippen LogP contribution is -2.20. The summed E-state index contributed by atoms with van der Waals surface area (Å²) >= 11 is 3.23. The normalized spacial score (nSPS) is 10.8. The second kappa shape index (κ2) is 5.66. The topological polar surface area (TPSA) is 77.3 Å². The van der Waals surface area contributed by atoms with E-state index in [9.17, 15) is 10.1 Å². The van der Waals surface area contributed by atoms with Crippen molar-refractivity contribution in [2.75, 3.05) is 11.9 Å². The average molecular weight is 343 g/mol. The standard InChI is InChI=1S/C12H15BrN4O3/c1-4-9-11(17(18)19)12(16(3)14-9)15(2)7-8-5-6-10(13)20-8/h5-6H,4,7H2,1-3H3. The summed E-state index contributed by atoms with van der Waals surface area (Å²) in [4.78, 5) is 12.7. The Hall–Kier alpha value is -1.83. The molecule has 0 atom stereocenters. The third-order valence-electron chi connectivity index (χ3n) is 2.96. The van der Waals surface area contributed by atoms with Crippen LogP contribution in [0, 0.1) is 10.1 Å². The molecular weight excluding hydrogens is 328 g/mol. The summed E-state index contributed by atoms with van der Waals surface area (Å²) in [5.41, 5.74) is 0.545. The molecule has 0 aliphatic rings. The highest BCUT2D eigenvalue weighted by Gasteiger charge is 2.28. The lowest BCUT2D eigenvalue weighted by molar-refractivity contribution is -0.384. The first-order valence-electron chi connectivity index (χ1n) is 6.09. The molecule has 2 rings (SSSR count). The molecule has 108 valence electrons. The van der Waals surface area contributed by atoms with Gasteiger partial charge in [-0.1, -0.05) is 6.92 Å². The Kier molecular flexibility index (Phi) is 4.12. The molecule has 0 fully saturated rings. The molecule has 0 amide bonds. The molecule has 0 aliphatic heterocycles. The predicted molar refractivity (Wildman–Crippen MR) is 77.8 cm³/mol. The van der Waals surface area contributed by atoms with Crippen LogP contribution in [0.5, 0.6) is 0 Å². The molecule has 0 unspecified atom stereocenters. The summed E-state index contributed by atoms with van der Waals surface area (Å²) in [5, 5.41) is 15.5. The molecule has 2 aromatic heterocycles. The monoisotopic (exact) mass is 342 g/mol. The van der Waals surface area contributed by atoms with Crippen molar-refractivity contribution < 1.29 is 9.34 Å². The van der Waals surface area contributed by atoms with Crippen molar-refractivity contribution in [1.29, 1.82) is 0 Å². The maximum absolute atomic E-state index is 11.3. The first-order chi connectivity index (χ1) is 9.43. The molecule has 8 heteroatoms. The van der Waals surface area contributed by atoms with Crippen molar-refractivity contribution in [3.05, 3.63) is 38.4 Å². The Bertz CT molecular complexity index is 635. The molecule has 2 heterocycles. The fraction of sp³-hybridized carbons (Fsp3) is 0.417. The Morgan fingerprint density at radius 3 is 2.75 bits per heavy atom. The largest absolute Gasteiger partial charge is 0.452 e. The maximum Gasteiger partial charge on any atom is 0.334 e. The van der Waals surface area contributed by atoms with Crippen molar-refractivity contribution in [1.82, 2.24) is 9.78 Å². The molecule has 0 radical (unpaired) electrons. The van der Waals surface area contributed by atoms with E-state index in [1.165, 1.54) is 4.68 Å². The zero-order valence-corrected chi connectivity index (χ0v) is 13.0. The van der Waals surface area contributed by atoms with Gasteiger partial charge in [-0.25, -0.2) is 4.68 Å². The second-order valence-corrected chi connectivity index (χ2v) is 5.20. The van der Waals surface area contributed by atoms with Gasteiger partial charge in [0, 0.05) is 14.1 Å². The number of anilines is 1. The molecular formula is C12H15BrN4O3. The average Bonchev–Trinajstić information content (AvgIpc) is 2.92. The SMILES string of the molecule is CCc1nn(C)c(N(C)Cc2ccc(Br)o2)c1[N+](=O)[O-]. The van der Waals surface area contributed by atoms with E-state index in [1.807, 2.05) is 13.0 Å². The fourth-order valence-corrected chi connectivity index (χ4v) is 2.50. The highest BCUT2D eigenvalue weighted by atomic mass is 79.9. The third kappa shape index (κ3) is 2.69. The van der Waals surface area contributed by atoms with Crippen molar-refractivity contribution in [3.8, 4) is 0 Å². The number of aryl methyl sites for hydroxylation is 2. The number of nitro groups is 1. The summed E-state index contributed by atoms with van der Waals surface area (Å²) < 4.78 is 7.60. The number of hydrogen-bond acceptors (Lipinski definition) is 5. The van der Waals surface area contributed by atoms with E-state index >= 15 is 0 Å². The van der Waals surface area contributed by atoms with Gasteiger partial charge in [-0.3, -0.25) is 10.1 Å². The molecule has 0 spiro atoms. The minimum atomic E-state index is -0.379. The number of rotatable bonds is 5. The van der Waals surface area contributed by atoms with Crippen LogP contribution in [0.3, 0.4) is 0 Å². The van der Waals surface area contributed by atoms with E-state index in [2.05, 4.69) is 21.0 Å². The highest BCUT2D eigenvalue weighted by Crippen LogP contribution is 2.32. The number of furan rings is 1. The van der Waals surface area contributed by atoms with Crippen LogP contribution in [0.1, 0.15) is 18.4 Å². The van der Waals surface area contributed by atoms with Gasteiger partial charge in [-0.2, -0.15) is 5.10 Å². The van der Waals surface area contributed by atoms with Crippen LogP contribution in [0.25, 0.3) is 0 Å². The van der Waals surface area contributed by atoms with Gasteiger partial charge in [0.25, 0.3) is 0 Å². The van der Waals surface area contributed by atoms with Gasteiger partial charge in [-0.15, -0.1) is 0 Å². The Morgan fingerprint density at radius 2 is 2.25 bits per heavy atom. The molecule has 0 N–H and O–H groups in total. The minimum Gasteiger partial charge on any atom is -0.452 e. The van der Waals surface area contributed by atoms with Crippen LogP contribution in [-0.4, -0.2) is 21.8 Å². The van der Waals surface area contributed by atoms with E-state index in [1.54, 1.807) is 25.1 Å². The van der Waals surface area contributed by atoms with Gasteiger partial charge in [0.1, 0.15) is 11.5 Å². The predicted octanol–water partition coefficient (Wildman–Crippen LogP) is 2.88.